The van der Waals surface area contributed by atoms with Gasteiger partial charge in [-0.15, -0.1) is 6.58 Å². The number of hydrogen-bond acceptors (Lipinski definition) is 5. The van der Waals surface area contributed by atoms with E-state index in [0.29, 0.717) is 22.9 Å². The smallest absolute Gasteiger partial charge is 0.332 e. The van der Waals surface area contributed by atoms with E-state index in [9.17, 15) is 14.4 Å². The lowest BCUT2D eigenvalue weighted by Gasteiger charge is -2.19. The lowest BCUT2D eigenvalue weighted by molar-refractivity contribution is -0.124. The molecule has 1 fully saturated rings. The normalized spacial score (nSPS) is 15.9. The molecule has 4 amide bonds. The number of benzene rings is 2. The third kappa shape index (κ3) is 4.27. The van der Waals surface area contributed by atoms with Gasteiger partial charge in [0.05, 0.1) is 26.3 Å². The second-order valence-electron chi connectivity index (χ2n) is 6.60. The summed E-state index contributed by atoms with van der Waals surface area (Å²) in [5.41, 5.74) is 0.953. The molecule has 30 heavy (non-hydrogen) atoms. The molecule has 1 heterocycles. The summed E-state index contributed by atoms with van der Waals surface area (Å²) >= 11 is 0. The van der Waals surface area contributed by atoms with Gasteiger partial charge in [-0.1, -0.05) is 12.1 Å². The highest BCUT2D eigenvalue weighted by molar-refractivity contribution is 6.22. The molecule has 3 rings (SSSR count). The summed E-state index contributed by atoms with van der Waals surface area (Å²) in [6, 6.07) is 12.0. The number of methoxy groups -OCH3 is 2. The monoisotopic (exact) mass is 409 g/mol. The highest BCUT2D eigenvalue weighted by Crippen LogP contribution is 2.29. The first-order valence-corrected chi connectivity index (χ1v) is 9.32. The van der Waals surface area contributed by atoms with Crippen LogP contribution in [0.15, 0.2) is 61.2 Å². The molecule has 0 saturated carbocycles. The van der Waals surface area contributed by atoms with Crippen molar-refractivity contribution in [3.05, 3.63) is 61.2 Å². The molecule has 0 bridgehead atoms. The first-order valence-electron chi connectivity index (χ1n) is 9.32. The molecule has 0 aliphatic carbocycles. The Morgan fingerprint density at radius 3 is 2.43 bits per heavy atom. The van der Waals surface area contributed by atoms with Gasteiger partial charge in [-0.2, -0.15) is 0 Å². The molecule has 0 spiro atoms. The van der Waals surface area contributed by atoms with Crippen LogP contribution in [0.25, 0.3) is 0 Å². The molecule has 1 saturated heterocycles. The SMILES string of the molecule is C=CCN1C(=O)N(c2cccc(OC)c2)C(=O)[C@@H]1CC(=O)Nc1ccc(OC)cc1. The lowest BCUT2D eigenvalue weighted by Crippen LogP contribution is -2.38. The van der Waals surface area contributed by atoms with Crippen LogP contribution < -0.4 is 19.7 Å². The molecule has 1 N–H and O–H groups in total. The minimum absolute atomic E-state index is 0.144. The van der Waals surface area contributed by atoms with Crippen LogP contribution in [-0.4, -0.2) is 49.6 Å². The predicted molar refractivity (Wildman–Crippen MR) is 113 cm³/mol. The van der Waals surface area contributed by atoms with Crippen LogP contribution in [-0.2, 0) is 9.59 Å². The molecule has 8 heteroatoms. The molecular weight excluding hydrogens is 386 g/mol. The van der Waals surface area contributed by atoms with Crippen LogP contribution >= 0.6 is 0 Å². The van der Waals surface area contributed by atoms with Gasteiger partial charge in [-0.3, -0.25) is 9.59 Å². The second kappa shape index (κ2) is 9.13. The van der Waals surface area contributed by atoms with Gasteiger partial charge < -0.3 is 19.7 Å². The topological polar surface area (TPSA) is 88.2 Å². The lowest BCUT2D eigenvalue weighted by atomic mass is 10.1. The molecule has 2 aromatic rings. The Labute approximate surface area is 174 Å². The van der Waals surface area contributed by atoms with Gasteiger partial charge in [-0.05, 0) is 36.4 Å². The molecule has 0 aromatic heterocycles. The molecule has 1 aliphatic heterocycles. The van der Waals surface area contributed by atoms with E-state index in [1.54, 1.807) is 55.6 Å². The van der Waals surface area contributed by atoms with E-state index in [4.69, 9.17) is 9.47 Å². The number of nitrogens with zero attached hydrogens (tertiary/aromatic N) is 2. The van der Waals surface area contributed by atoms with Gasteiger partial charge in [-0.25, -0.2) is 9.69 Å². The number of urea groups is 1. The summed E-state index contributed by atoms with van der Waals surface area (Å²) in [4.78, 5) is 41.0. The third-order valence-corrected chi connectivity index (χ3v) is 4.71. The minimum atomic E-state index is -0.931. The number of carbonyl (C=O) groups is 3. The Morgan fingerprint density at radius 2 is 1.80 bits per heavy atom. The van der Waals surface area contributed by atoms with Crippen molar-refractivity contribution in [2.75, 3.05) is 31.0 Å². The van der Waals surface area contributed by atoms with Crippen LogP contribution in [0.3, 0.4) is 0 Å². The molecule has 8 nitrogen and oxygen atoms in total. The van der Waals surface area contributed by atoms with Crippen LogP contribution in [0.4, 0.5) is 16.2 Å². The van der Waals surface area contributed by atoms with Crippen LogP contribution in [0, 0.1) is 0 Å². The van der Waals surface area contributed by atoms with E-state index >= 15 is 0 Å². The maximum Gasteiger partial charge on any atom is 0.332 e. The number of rotatable bonds is 8. The van der Waals surface area contributed by atoms with Gasteiger partial charge in [0.2, 0.25) is 5.91 Å². The van der Waals surface area contributed by atoms with Crippen molar-refractivity contribution in [3.8, 4) is 11.5 Å². The number of anilines is 2. The number of amides is 4. The van der Waals surface area contributed by atoms with Gasteiger partial charge in [0.15, 0.2) is 0 Å². The van der Waals surface area contributed by atoms with E-state index in [1.807, 2.05) is 0 Å². The number of nitrogens with one attached hydrogen (secondary N) is 1. The maximum atomic E-state index is 13.1. The van der Waals surface area contributed by atoms with Gasteiger partial charge in [0, 0.05) is 18.3 Å². The fourth-order valence-electron chi connectivity index (χ4n) is 3.23. The van der Waals surface area contributed by atoms with Crippen molar-refractivity contribution in [2.45, 2.75) is 12.5 Å². The maximum absolute atomic E-state index is 13.1. The van der Waals surface area contributed by atoms with Crippen molar-refractivity contribution in [1.82, 2.24) is 4.90 Å². The van der Waals surface area contributed by atoms with Crippen molar-refractivity contribution >= 4 is 29.2 Å². The van der Waals surface area contributed by atoms with Crippen molar-refractivity contribution in [1.29, 1.82) is 0 Å². The van der Waals surface area contributed by atoms with Crippen LogP contribution in [0.2, 0.25) is 0 Å². The van der Waals surface area contributed by atoms with E-state index in [0.717, 1.165) is 4.90 Å². The summed E-state index contributed by atoms with van der Waals surface area (Å²) in [5, 5.41) is 2.74. The molecule has 0 unspecified atom stereocenters. The largest absolute Gasteiger partial charge is 0.497 e. The van der Waals surface area contributed by atoms with Crippen molar-refractivity contribution < 1.29 is 23.9 Å². The Hall–Kier alpha value is -3.81. The zero-order valence-electron chi connectivity index (χ0n) is 16.8. The molecule has 1 aliphatic rings. The standard InChI is InChI=1S/C22H23N3O5/c1-4-12-24-19(14-20(26)23-15-8-10-17(29-2)11-9-15)21(27)25(22(24)28)16-6-5-7-18(13-16)30-3/h4-11,13,19H,1,12,14H2,2-3H3,(H,23,26)/t19-/m0/s1. The Balaban J connectivity index is 1.79. The fourth-order valence-corrected chi connectivity index (χ4v) is 3.23. The predicted octanol–water partition coefficient (Wildman–Crippen LogP) is 3.06. The van der Waals surface area contributed by atoms with Gasteiger partial charge in [0.25, 0.3) is 5.91 Å². The average molecular weight is 409 g/mol. The Kier molecular flexibility index (Phi) is 6.36. The number of ether oxygens (including phenoxy) is 2. The van der Waals surface area contributed by atoms with E-state index in [1.165, 1.54) is 18.1 Å². The summed E-state index contributed by atoms with van der Waals surface area (Å²) in [6.07, 6.45) is 1.35. The van der Waals surface area contributed by atoms with Crippen LogP contribution in [0.1, 0.15) is 6.42 Å². The summed E-state index contributed by atoms with van der Waals surface area (Å²) < 4.78 is 10.3. The molecule has 2 aromatic carbocycles. The van der Waals surface area contributed by atoms with E-state index in [-0.39, 0.29) is 18.9 Å². The van der Waals surface area contributed by atoms with Gasteiger partial charge in [0.1, 0.15) is 17.5 Å². The summed E-state index contributed by atoms with van der Waals surface area (Å²) in [7, 11) is 3.06. The number of carbonyl (C=O) groups excluding carboxylic acids is 3. The molecule has 1 atom stereocenters. The first kappa shape index (κ1) is 20.9. The quantitative estimate of drug-likeness (QED) is 0.535. The minimum Gasteiger partial charge on any atom is -0.497 e. The van der Waals surface area contributed by atoms with E-state index in [2.05, 4.69) is 11.9 Å². The average Bonchev–Trinajstić information content (AvgIpc) is 2.98. The third-order valence-electron chi connectivity index (χ3n) is 4.71. The Morgan fingerprint density at radius 1 is 1.10 bits per heavy atom. The Bertz CT molecular complexity index is 958. The summed E-state index contributed by atoms with van der Waals surface area (Å²) in [6.45, 7) is 3.79. The molecule has 0 radical (unpaired) electrons. The van der Waals surface area contributed by atoms with Crippen LogP contribution in [0.5, 0.6) is 11.5 Å². The first-order chi connectivity index (χ1) is 14.5. The number of hydrogen-bond donors (Lipinski definition) is 1. The highest BCUT2D eigenvalue weighted by Gasteiger charge is 2.46. The highest BCUT2D eigenvalue weighted by atomic mass is 16.5. The summed E-state index contributed by atoms with van der Waals surface area (Å²) in [5.74, 6) is 0.326. The van der Waals surface area contributed by atoms with Crippen molar-refractivity contribution in [2.24, 2.45) is 0 Å². The van der Waals surface area contributed by atoms with E-state index < -0.39 is 18.0 Å². The second-order valence-corrected chi connectivity index (χ2v) is 6.60. The number of imide groups is 1. The molecular formula is C22H23N3O5. The fraction of sp³-hybridized carbons (Fsp3) is 0.227. The van der Waals surface area contributed by atoms with Gasteiger partial charge >= 0.3 is 6.03 Å². The zero-order valence-corrected chi connectivity index (χ0v) is 16.8. The molecule has 156 valence electrons. The zero-order chi connectivity index (χ0) is 21.7. The van der Waals surface area contributed by atoms with Crippen molar-refractivity contribution in [3.63, 3.8) is 0 Å².